The molecule has 0 aromatic carbocycles. The fourth-order valence-electron chi connectivity index (χ4n) is 1.15. The number of hydrogen-bond donors (Lipinski definition) is 3. The molecular weight excluding hydrogens is 282 g/mol. The lowest BCUT2D eigenvalue weighted by atomic mass is 9.97. The maximum Gasteiger partial charge on any atom is 0.233 e. The minimum atomic E-state index is -0.645. The fraction of sp³-hybridized carbons (Fsp3) is 0.941. The quantitative estimate of drug-likeness (QED) is 0.639. The molecule has 0 saturated carbocycles. The smallest absolute Gasteiger partial charge is 0.233 e. The minimum Gasteiger partial charge on any atom is -0.396 e. The lowest BCUT2D eigenvalue weighted by Gasteiger charge is -2.21. The summed E-state index contributed by atoms with van der Waals surface area (Å²) < 4.78 is -0.645. The lowest BCUT2D eigenvalue weighted by Crippen LogP contribution is -2.36. The first-order valence-corrected chi connectivity index (χ1v) is 8.48. The van der Waals surface area contributed by atoms with Crippen LogP contribution < -0.4 is 5.73 Å². The number of rotatable bonds is 6. The zero-order valence-electron chi connectivity index (χ0n) is 15.4. The molecular formula is C17H39NO2S. The highest BCUT2D eigenvalue weighted by Crippen LogP contribution is 2.22. The van der Waals surface area contributed by atoms with Crippen LogP contribution in [0.15, 0.2) is 0 Å². The van der Waals surface area contributed by atoms with Crippen LogP contribution in [0.1, 0.15) is 74.7 Å². The topological polar surface area (TPSA) is 63.3 Å². The number of carbonyl (C=O) groups is 1. The summed E-state index contributed by atoms with van der Waals surface area (Å²) in [5, 5.41) is 8.24. The summed E-state index contributed by atoms with van der Waals surface area (Å²) in [6.45, 7) is 17.0. The van der Waals surface area contributed by atoms with E-state index in [1.165, 1.54) is 6.42 Å². The van der Waals surface area contributed by atoms with Gasteiger partial charge in [-0.25, -0.2) is 0 Å². The zero-order chi connectivity index (χ0) is 17.6. The van der Waals surface area contributed by atoms with E-state index >= 15 is 0 Å². The summed E-state index contributed by atoms with van der Waals surface area (Å²) in [5.74, 6) is 1.64. The van der Waals surface area contributed by atoms with Crippen molar-refractivity contribution in [3.63, 3.8) is 0 Å². The van der Waals surface area contributed by atoms with Crippen molar-refractivity contribution in [3.05, 3.63) is 0 Å². The van der Waals surface area contributed by atoms with E-state index in [1.807, 2.05) is 13.8 Å². The van der Waals surface area contributed by atoms with Crippen LogP contribution >= 0.6 is 12.6 Å². The van der Waals surface area contributed by atoms with Gasteiger partial charge in [0.05, 0.1) is 4.75 Å². The second-order valence-electron chi connectivity index (χ2n) is 6.94. The van der Waals surface area contributed by atoms with Gasteiger partial charge < -0.3 is 10.8 Å². The van der Waals surface area contributed by atoms with Gasteiger partial charge in [-0.3, -0.25) is 4.79 Å². The molecule has 0 aliphatic heterocycles. The van der Waals surface area contributed by atoms with Crippen molar-refractivity contribution < 1.29 is 9.90 Å². The molecule has 130 valence electrons. The second-order valence-corrected chi connectivity index (χ2v) is 7.93. The highest BCUT2D eigenvalue weighted by molar-refractivity contribution is 7.82. The number of thiol groups is 1. The van der Waals surface area contributed by atoms with E-state index in [0.29, 0.717) is 18.4 Å². The summed E-state index contributed by atoms with van der Waals surface area (Å²) in [6.07, 6.45) is 2.96. The predicted octanol–water partition coefficient (Wildman–Crippen LogP) is 4.28. The molecule has 0 heterocycles. The van der Waals surface area contributed by atoms with Gasteiger partial charge in [0, 0.05) is 6.61 Å². The Labute approximate surface area is 138 Å². The van der Waals surface area contributed by atoms with Crippen molar-refractivity contribution in [2.45, 2.75) is 79.4 Å². The van der Waals surface area contributed by atoms with Crippen molar-refractivity contribution in [1.29, 1.82) is 0 Å². The van der Waals surface area contributed by atoms with Gasteiger partial charge >= 0.3 is 0 Å². The van der Waals surface area contributed by atoms with E-state index in [4.69, 9.17) is 10.8 Å². The molecule has 21 heavy (non-hydrogen) atoms. The van der Waals surface area contributed by atoms with Gasteiger partial charge in [-0.2, -0.15) is 12.6 Å². The molecule has 3 N–H and O–H groups in total. The SMILES string of the molecule is CC(C)CC(C)(S)C(N)=O.CC(C)CCO.CCC(C)C. The molecule has 1 amide bonds. The number of nitrogens with two attached hydrogens (primary N) is 1. The molecule has 3 nitrogen and oxygen atoms in total. The Morgan fingerprint density at radius 3 is 1.52 bits per heavy atom. The number of carbonyl (C=O) groups excluding carboxylic acids is 1. The Morgan fingerprint density at radius 1 is 1.10 bits per heavy atom. The summed E-state index contributed by atoms with van der Waals surface area (Å²) in [6, 6.07) is 0. The van der Waals surface area contributed by atoms with Gasteiger partial charge in [0.25, 0.3) is 0 Å². The van der Waals surface area contributed by atoms with E-state index in [2.05, 4.69) is 47.2 Å². The Bertz CT molecular complexity index is 239. The van der Waals surface area contributed by atoms with Gasteiger partial charge in [-0.05, 0) is 37.5 Å². The number of amides is 1. The number of aliphatic hydroxyl groups is 1. The molecule has 0 saturated heterocycles. The Morgan fingerprint density at radius 2 is 1.48 bits per heavy atom. The van der Waals surface area contributed by atoms with Crippen LogP contribution in [0.2, 0.25) is 0 Å². The van der Waals surface area contributed by atoms with E-state index in [9.17, 15) is 4.79 Å². The van der Waals surface area contributed by atoms with Gasteiger partial charge in [-0.15, -0.1) is 0 Å². The van der Waals surface area contributed by atoms with Crippen LogP contribution in [0.5, 0.6) is 0 Å². The van der Waals surface area contributed by atoms with Crippen molar-refractivity contribution in [2.24, 2.45) is 23.5 Å². The van der Waals surface area contributed by atoms with Crippen molar-refractivity contribution in [3.8, 4) is 0 Å². The van der Waals surface area contributed by atoms with Crippen molar-refractivity contribution in [2.75, 3.05) is 6.61 Å². The van der Waals surface area contributed by atoms with E-state index in [1.54, 1.807) is 6.92 Å². The monoisotopic (exact) mass is 321 g/mol. The van der Waals surface area contributed by atoms with Crippen LogP contribution in [0.25, 0.3) is 0 Å². The largest absolute Gasteiger partial charge is 0.396 e. The average Bonchev–Trinajstić information content (AvgIpc) is 2.28. The van der Waals surface area contributed by atoms with Gasteiger partial charge in [0.2, 0.25) is 5.91 Å². The molecule has 0 bridgehead atoms. The first-order chi connectivity index (χ1) is 9.40. The van der Waals surface area contributed by atoms with E-state index in [0.717, 1.165) is 18.8 Å². The molecule has 0 spiro atoms. The maximum atomic E-state index is 10.7. The summed E-state index contributed by atoms with van der Waals surface area (Å²) in [5.41, 5.74) is 5.10. The van der Waals surface area contributed by atoms with Crippen LogP contribution in [-0.4, -0.2) is 22.4 Å². The third-order valence-corrected chi connectivity index (χ3v) is 3.26. The van der Waals surface area contributed by atoms with Crippen molar-refractivity contribution >= 4 is 18.5 Å². The number of hydrogen-bond acceptors (Lipinski definition) is 3. The molecule has 1 unspecified atom stereocenters. The van der Waals surface area contributed by atoms with Crippen molar-refractivity contribution in [1.82, 2.24) is 0 Å². The molecule has 0 rings (SSSR count). The predicted molar refractivity (Wildman–Crippen MR) is 97.7 cm³/mol. The molecule has 1 atom stereocenters. The minimum absolute atomic E-state index is 0.331. The fourth-order valence-corrected chi connectivity index (χ4v) is 1.52. The molecule has 0 fully saturated rings. The second kappa shape index (κ2) is 14.7. The van der Waals surface area contributed by atoms with E-state index in [-0.39, 0.29) is 5.91 Å². The van der Waals surface area contributed by atoms with Crippen LogP contribution in [-0.2, 0) is 4.79 Å². The number of primary amides is 1. The van der Waals surface area contributed by atoms with Crippen LogP contribution in [0.4, 0.5) is 0 Å². The highest BCUT2D eigenvalue weighted by atomic mass is 32.1. The average molecular weight is 322 g/mol. The molecule has 0 aliphatic rings. The molecule has 0 aliphatic carbocycles. The highest BCUT2D eigenvalue weighted by Gasteiger charge is 2.26. The van der Waals surface area contributed by atoms with Crippen LogP contribution in [0, 0.1) is 17.8 Å². The van der Waals surface area contributed by atoms with Gasteiger partial charge in [-0.1, -0.05) is 54.9 Å². The zero-order valence-corrected chi connectivity index (χ0v) is 16.3. The first kappa shape index (κ1) is 25.7. The Kier molecular flexibility index (Phi) is 18.0. The third-order valence-electron chi connectivity index (χ3n) is 2.86. The molecule has 4 heteroatoms. The normalized spacial score (nSPS) is 13.2. The molecule has 0 aromatic heterocycles. The van der Waals surface area contributed by atoms with Gasteiger partial charge in [0.1, 0.15) is 0 Å². The summed E-state index contributed by atoms with van der Waals surface area (Å²) >= 11 is 4.15. The van der Waals surface area contributed by atoms with E-state index < -0.39 is 4.75 Å². The maximum absolute atomic E-state index is 10.7. The Hall–Kier alpha value is -0.220. The standard InChI is InChI=1S/C7H15NOS.C5H12O.C5H12/c1-5(2)4-7(3,10)6(8)9;1-5(2)3-4-6;1-4-5(2)3/h5,10H,4H2,1-3H3,(H2,8,9);5-6H,3-4H2,1-2H3;5H,4H2,1-3H3. The van der Waals surface area contributed by atoms with Crippen LogP contribution in [0.3, 0.4) is 0 Å². The molecule has 0 radical (unpaired) electrons. The lowest BCUT2D eigenvalue weighted by molar-refractivity contribution is -0.120. The van der Waals surface area contributed by atoms with Gasteiger partial charge in [0.15, 0.2) is 0 Å². The first-order valence-electron chi connectivity index (χ1n) is 8.03. The Balaban J connectivity index is -0.000000252. The third kappa shape index (κ3) is 25.1. The summed E-state index contributed by atoms with van der Waals surface area (Å²) in [7, 11) is 0. The molecule has 0 aromatic rings. The summed E-state index contributed by atoms with van der Waals surface area (Å²) in [4.78, 5) is 10.7. The number of aliphatic hydroxyl groups excluding tert-OH is 1.